The standard InChI is InChI=1S/2C34H44O6.2Na.H2O/c2*1-3-5-6-7-8-9-10-14-24-17-19-25(20-18-24)26(15-11-12-16-32(36)37)27-21-22-29-30(35)23-31(34(38)39)40-33(29)28(27)13-4-2;;;/h2*17-23,26H,3-16H2,1-2H3,(H,36,37)(H,38,39);;;1H2/q;;2*+1;/p-2. The molecule has 6 aromatic rings. The van der Waals surface area contributed by atoms with Crippen LogP contribution in [0.4, 0.5) is 0 Å². The molecule has 4 aromatic carbocycles. The molecule has 0 bridgehead atoms. The Morgan fingerprint density at radius 3 is 1.08 bits per heavy atom. The van der Waals surface area contributed by atoms with Gasteiger partial charge in [0.15, 0.2) is 22.4 Å². The van der Waals surface area contributed by atoms with Gasteiger partial charge in [-0.3, -0.25) is 19.2 Å². The molecule has 0 aliphatic carbocycles. The van der Waals surface area contributed by atoms with Crippen molar-refractivity contribution >= 4 is 45.8 Å². The molecule has 0 aliphatic heterocycles. The second-order valence-corrected chi connectivity index (χ2v) is 21.7. The van der Waals surface area contributed by atoms with Crippen LogP contribution in [0.5, 0.6) is 0 Å². The molecule has 440 valence electrons. The number of fused-ring (bicyclic) bond motifs is 2. The summed E-state index contributed by atoms with van der Waals surface area (Å²) in [4.78, 5) is 70.6. The van der Waals surface area contributed by atoms with Gasteiger partial charge in [-0.25, -0.2) is 0 Å². The molecule has 0 spiro atoms. The van der Waals surface area contributed by atoms with Gasteiger partial charge >= 0.3 is 71.1 Å². The molecular weight excluding hydrogens is 1070 g/mol. The van der Waals surface area contributed by atoms with Crippen LogP contribution in [-0.2, 0) is 35.3 Å². The first-order valence-corrected chi connectivity index (χ1v) is 29.9. The zero-order chi connectivity index (χ0) is 57.8. The molecule has 2 aromatic heterocycles. The van der Waals surface area contributed by atoms with Crippen molar-refractivity contribution in [2.75, 3.05) is 0 Å². The van der Waals surface area contributed by atoms with Gasteiger partial charge in [-0.2, -0.15) is 0 Å². The number of rotatable bonds is 36. The largest absolute Gasteiger partial charge is 1.00 e. The van der Waals surface area contributed by atoms with Crippen LogP contribution < -0.4 is 80.2 Å². The number of unbranched alkanes of at least 4 members (excludes halogenated alkanes) is 14. The minimum absolute atomic E-state index is 0. The number of aliphatic carboxylic acids is 2. The smallest absolute Gasteiger partial charge is 0.542 e. The van der Waals surface area contributed by atoms with Crippen molar-refractivity contribution in [3.05, 3.63) is 161 Å². The van der Waals surface area contributed by atoms with E-state index in [-0.39, 0.29) is 89.3 Å². The molecule has 2 unspecified atom stereocenters. The van der Waals surface area contributed by atoms with E-state index in [9.17, 15) is 39.0 Å². The molecule has 6 rings (SSSR count). The Labute approximate surface area is 535 Å². The molecule has 0 radical (unpaired) electrons. The quantitative estimate of drug-likeness (QED) is 0.0286. The second-order valence-electron chi connectivity index (χ2n) is 21.7. The second kappa shape index (κ2) is 40.5. The van der Waals surface area contributed by atoms with E-state index >= 15 is 0 Å². The number of carboxylic acid groups (broad SMARTS) is 4. The summed E-state index contributed by atoms with van der Waals surface area (Å²) in [6.45, 7) is 8.53. The Kier molecular flexibility index (Phi) is 36.2. The van der Waals surface area contributed by atoms with Gasteiger partial charge < -0.3 is 44.3 Å². The molecule has 13 nitrogen and oxygen atoms in total. The van der Waals surface area contributed by atoms with E-state index in [2.05, 4.69) is 62.4 Å². The van der Waals surface area contributed by atoms with Gasteiger partial charge in [0.05, 0.1) is 10.8 Å². The SMILES string of the molecule is CCCCCCCCCc1ccc(C(CCCCC(=O)O)c2ccc3c(=O)cc(C(=O)[O-])oc3c2CCC)cc1.CCCCCCCCCc1ccc(C(CCCCC(=O)O)c2ccc3c(=O)cc(C(=O)[O-])oc3c2CCC)cc1.O.[Na+].[Na+]. The number of benzene rings is 4. The molecule has 0 saturated heterocycles. The normalized spacial score (nSPS) is 11.6. The van der Waals surface area contributed by atoms with Gasteiger partial charge in [0, 0.05) is 36.8 Å². The van der Waals surface area contributed by atoms with Crippen LogP contribution >= 0.6 is 0 Å². The van der Waals surface area contributed by atoms with Crippen LogP contribution in [0.15, 0.2) is 103 Å². The number of carboxylic acids is 4. The Hall–Kier alpha value is -4.86. The van der Waals surface area contributed by atoms with Crippen molar-refractivity contribution in [3.8, 4) is 0 Å². The topological polar surface area (TPSA) is 247 Å². The molecule has 83 heavy (non-hydrogen) atoms. The monoisotopic (exact) mass is 1160 g/mol. The zero-order valence-electron chi connectivity index (χ0n) is 50.5. The average molecular weight is 1160 g/mol. The van der Waals surface area contributed by atoms with E-state index < -0.39 is 46.3 Å². The first kappa shape index (κ1) is 74.2. The van der Waals surface area contributed by atoms with E-state index in [1.807, 2.05) is 26.0 Å². The van der Waals surface area contributed by atoms with E-state index in [0.29, 0.717) is 47.6 Å². The third-order valence-corrected chi connectivity index (χ3v) is 15.4. The zero-order valence-corrected chi connectivity index (χ0v) is 54.5. The summed E-state index contributed by atoms with van der Waals surface area (Å²) in [5.41, 5.74) is 8.28. The van der Waals surface area contributed by atoms with Crippen LogP contribution in [0.1, 0.15) is 259 Å². The van der Waals surface area contributed by atoms with Crippen LogP contribution in [0.2, 0.25) is 0 Å². The molecule has 0 fully saturated rings. The number of hydrogen-bond acceptors (Lipinski definition) is 10. The molecule has 15 heteroatoms. The minimum Gasteiger partial charge on any atom is -0.542 e. The summed E-state index contributed by atoms with van der Waals surface area (Å²) in [5, 5.41) is 42.0. The third kappa shape index (κ3) is 23.8. The van der Waals surface area contributed by atoms with Crippen molar-refractivity contribution < 1.29 is 113 Å². The first-order chi connectivity index (χ1) is 38.7. The summed E-state index contributed by atoms with van der Waals surface area (Å²) in [5.74, 6) is -5.67. The maximum Gasteiger partial charge on any atom is 1.00 e. The molecule has 0 saturated carbocycles. The van der Waals surface area contributed by atoms with Gasteiger partial charge in [-0.1, -0.05) is 191 Å². The van der Waals surface area contributed by atoms with Crippen molar-refractivity contribution in [2.24, 2.45) is 0 Å². The summed E-state index contributed by atoms with van der Waals surface area (Å²) < 4.78 is 11.5. The summed E-state index contributed by atoms with van der Waals surface area (Å²) in [6, 6.07) is 26.7. The maximum atomic E-state index is 12.7. The number of carbonyl (C=O) groups excluding carboxylic acids is 2. The predicted octanol–water partition coefficient (Wildman–Crippen LogP) is 7.54. The maximum absolute atomic E-state index is 12.7. The number of hydrogen-bond donors (Lipinski definition) is 2. The Morgan fingerprint density at radius 1 is 0.434 bits per heavy atom. The van der Waals surface area contributed by atoms with Crippen LogP contribution in [0.25, 0.3) is 21.9 Å². The van der Waals surface area contributed by atoms with Crippen molar-refractivity contribution in [3.63, 3.8) is 0 Å². The Balaban J connectivity index is 0.000000547. The van der Waals surface area contributed by atoms with Gasteiger partial charge in [0.25, 0.3) is 0 Å². The van der Waals surface area contributed by atoms with Crippen LogP contribution in [-0.4, -0.2) is 39.6 Å². The van der Waals surface area contributed by atoms with Crippen LogP contribution in [0, 0.1) is 0 Å². The fourth-order valence-electron chi connectivity index (χ4n) is 11.1. The number of aryl methyl sites for hydroxylation is 4. The Bertz CT molecular complexity index is 2830. The van der Waals surface area contributed by atoms with E-state index in [4.69, 9.17) is 19.0 Å². The van der Waals surface area contributed by atoms with Crippen LogP contribution in [0.3, 0.4) is 0 Å². The molecule has 2 atom stereocenters. The first-order valence-electron chi connectivity index (χ1n) is 29.9. The van der Waals surface area contributed by atoms with Crippen molar-refractivity contribution in [2.45, 2.75) is 219 Å². The third-order valence-electron chi connectivity index (χ3n) is 15.4. The van der Waals surface area contributed by atoms with Crippen molar-refractivity contribution in [1.82, 2.24) is 0 Å². The van der Waals surface area contributed by atoms with E-state index in [0.717, 1.165) is 96.9 Å². The van der Waals surface area contributed by atoms with E-state index in [1.54, 1.807) is 12.1 Å². The average Bonchev–Trinajstić information content (AvgIpc) is 3.48. The van der Waals surface area contributed by atoms with Gasteiger partial charge in [0.1, 0.15) is 23.1 Å². The molecular formula is C68H88Na2O13. The molecule has 2 heterocycles. The number of carbonyl (C=O) groups is 4. The molecule has 4 N–H and O–H groups in total. The molecule has 0 amide bonds. The summed E-state index contributed by atoms with van der Waals surface area (Å²) >= 11 is 0. The fraction of sp³-hybridized carbons (Fsp3) is 0.500. The van der Waals surface area contributed by atoms with Gasteiger partial charge in [0.2, 0.25) is 0 Å². The summed E-state index contributed by atoms with van der Waals surface area (Å²) in [6.07, 6.45) is 27.1. The number of aromatic carboxylic acids is 2. The van der Waals surface area contributed by atoms with Crippen molar-refractivity contribution in [1.29, 1.82) is 0 Å². The van der Waals surface area contributed by atoms with E-state index in [1.165, 1.54) is 101 Å². The summed E-state index contributed by atoms with van der Waals surface area (Å²) in [7, 11) is 0. The fourth-order valence-corrected chi connectivity index (χ4v) is 11.1. The Morgan fingerprint density at radius 2 is 0.771 bits per heavy atom. The molecule has 0 aliphatic rings. The minimum atomic E-state index is -1.52. The van der Waals surface area contributed by atoms with Gasteiger partial charge in [-0.05, 0) is 121 Å². The van der Waals surface area contributed by atoms with Gasteiger partial charge in [-0.15, -0.1) is 0 Å². The predicted molar refractivity (Wildman–Crippen MR) is 317 cm³/mol.